The Bertz CT molecular complexity index is 1450. The Morgan fingerprint density at radius 1 is 0.925 bits per heavy atom. The maximum Gasteiger partial charge on any atom is 0.331 e. The third kappa shape index (κ3) is 6.73. The van der Waals surface area contributed by atoms with Gasteiger partial charge in [-0.1, -0.05) is 48.3 Å². The minimum absolute atomic E-state index is 0.0919. The SMILES string of the molecule is CCCOc1ccc(CN2C(=O)NC(=O)/C(=C\c3cc(Cl)c(OCc4ccc(F)cc4)c(Cl)c3)C2=O)cc1OC. The van der Waals surface area contributed by atoms with Crippen molar-refractivity contribution in [3.63, 3.8) is 0 Å². The Kier molecular flexibility index (Phi) is 9.29. The molecule has 0 unspecified atom stereocenters. The van der Waals surface area contributed by atoms with Gasteiger partial charge in [-0.25, -0.2) is 9.18 Å². The largest absolute Gasteiger partial charge is 0.493 e. The maximum atomic E-state index is 13.2. The highest BCUT2D eigenvalue weighted by Crippen LogP contribution is 2.36. The van der Waals surface area contributed by atoms with Gasteiger partial charge in [0.1, 0.15) is 18.0 Å². The summed E-state index contributed by atoms with van der Waals surface area (Å²) in [4.78, 5) is 39.3. The first-order chi connectivity index (χ1) is 19.2. The van der Waals surface area contributed by atoms with Crippen LogP contribution in [0.5, 0.6) is 17.2 Å². The zero-order chi connectivity index (χ0) is 28.8. The summed E-state index contributed by atoms with van der Waals surface area (Å²) >= 11 is 12.8. The second-order valence-corrected chi connectivity index (χ2v) is 9.59. The molecule has 0 bridgehead atoms. The van der Waals surface area contributed by atoms with Crippen LogP contribution >= 0.6 is 23.2 Å². The number of hydrogen-bond acceptors (Lipinski definition) is 6. The smallest absolute Gasteiger partial charge is 0.331 e. The first-order valence-electron chi connectivity index (χ1n) is 12.2. The van der Waals surface area contributed by atoms with Gasteiger partial charge < -0.3 is 14.2 Å². The normalized spacial score (nSPS) is 14.4. The Balaban J connectivity index is 1.53. The van der Waals surface area contributed by atoms with Gasteiger partial charge in [-0.05, 0) is 65.6 Å². The van der Waals surface area contributed by atoms with E-state index in [1.165, 1.54) is 37.5 Å². The minimum atomic E-state index is -0.851. The van der Waals surface area contributed by atoms with Crippen LogP contribution in [0.3, 0.4) is 0 Å². The van der Waals surface area contributed by atoms with Gasteiger partial charge in [0, 0.05) is 0 Å². The number of rotatable bonds is 10. The zero-order valence-corrected chi connectivity index (χ0v) is 23.1. The lowest BCUT2D eigenvalue weighted by Gasteiger charge is -2.26. The van der Waals surface area contributed by atoms with Crippen LogP contribution in [0.25, 0.3) is 6.08 Å². The van der Waals surface area contributed by atoms with E-state index in [0.717, 1.165) is 11.3 Å². The number of nitrogens with zero attached hydrogens (tertiary/aromatic N) is 1. The van der Waals surface area contributed by atoms with Gasteiger partial charge in [0.25, 0.3) is 11.8 Å². The van der Waals surface area contributed by atoms with Crippen LogP contribution < -0.4 is 19.5 Å². The molecule has 0 aliphatic carbocycles. The van der Waals surface area contributed by atoms with E-state index < -0.39 is 17.8 Å². The van der Waals surface area contributed by atoms with Gasteiger partial charge in [0.05, 0.1) is 30.3 Å². The molecule has 208 valence electrons. The second-order valence-electron chi connectivity index (χ2n) is 8.77. The van der Waals surface area contributed by atoms with Gasteiger partial charge in [0.15, 0.2) is 17.2 Å². The van der Waals surface area contributed by atoms with Crippen molar-refractivity contribution in [2.75, 3.05) is 13.7 Å². The molecule has 3 aromatic rings. The minimum Gasteiger partial charge on any atom is -0.493 e. The summed E-state index contributed by atoms with van der Waals surface area (Å²) in [5, 5.41) is 2.46. The lowest BCUT2D eigenvalue weighted by Crippen LogP contribution is -2.53. The number of halogens is 3. The number of hydrogen-bond donors (Lipinski definition) is 1. The lowest BCUT2D eigenvalue weighted by atomic mass is 10.1. The zero-order valence-electron chi connectivity index (χ0n) is 21.6. The number of urea groups is 1. The number of carbonyl (C=O) groups is 3. The number of benzene rings is 3. The van der Waals surface area contributed by atoms with Crippen LogP contribution in [-0.2, 0) is 22.7 Å². The first kappa shape index (κ1) is 28.9. The molecule has 0 saturated carbocycles. The highest BCUT2D eigenvalue weighted by molar-refractivity contribution is 6.37. The molecule has 4 amide bonds. The van der Waals surface area contributed by atoms with Crippen molar-refractivity contribution in [1.82, 2.24) is 10.2 Å². The molecule has 1 N–H and O–H groups in total. The summed E-state index contributed by atoms with van der Waals surface area (Å²) in [6.45, 7) is 2.47. The molecule has 0 radical (unpaired) electrons. The van der Waals surface area contributed by atoms with Crippen LogP contribution in [0.2, 0.25) is 10.0 Å². The van der Waals surface area contributed by atoms with Crippen molar-refractivity contribution in [1.29, 1.82) is 0 Å². The molecular formula is C29H25Cl2FN2O6. The Morgan fingerprint density at radius 2 is 1.60 bits per heavy atom. The monoisotopic (exact) mass is 586 g/mol. The number of barbiturate groups is 1. The molecule has 1 heterocycles. The molecule has 11 heteroatoms. The van der Waals surface area contributed by atoms with Crippen LogP contribution in [0, 0.1) is 5.82 Å². The Hall–Kier alpha value is -4.08. The molecule has 3 aromatic carbocycles. The number of imide groups is 2. The number of amides is 4. The standard InChI is InChI=1S/C29H25Cl2FN2O6/c1-3-10-39-24-9-6-18(14-25(24)38-2)15-34-28(36)21(27(35)33-29(34)37)11-19-12-22(30)26(23(31)13-19)40-16-17-4-7-20(32)8-5-17/h4-9,11-14H,3,10,15-16H2,1-2H3,(H,33,35,37)/b21-11+. The quantitative estimate of drug-likeness (QED) is 0.225. The van der Waals surface area contributed by atoms with Crippen LogP contribution in [0.1, 0.15) is 30.0 Å². The summed E-state index contributed by atoms with van der Waals surface area (Å²) in [5.74, 6) is -0.829. The maximum absolute atomic E-state index is 13.2. The average Bonchev–Trinajstić information content (AvgIpc) is 2.93. The third-order valence-electron chi connectivity index (χ3n) is 5.84. The molecule has 4 rings (SSSR count). The molecule has 1 aliphatic rings. The van der Waals surface area contributed by atoms with Gasteiger partial charge >= 0.3 is 6.03 Å². The summed E-state index contributed by atoms with van der Waals surface area (Å²) < 4.78 is 29.9. The number of methoxy groups -OCH3 is 1. The number of ether oxygens (including phenoxy) is 3. The fraction of sp³-hybridized carbons (Fsp3) is 0.207. The first-order valence-corrected chi connectivity index (χ1v) is 13.0. The molecule has 1 fully saturated rings. The molecule has 0 spiro atoms. The number of carbonyl (C=O) groups excluding carboxylic acids is 3. The van der Waals surface area contributed by atoms with Crippen molar-refractivity contribution >= 4 is 47.1 Å². The topological polar surface area (TPSA) is 94.2 Å². The second kappa shape index (κ2) is 12.8. The number of nitrogens with one attached hydrogen (secondary N) is 1. The van der Waals surface area contributed by atoms with Crippen molar-refractivity contribution in [3.05, 3.63) is 92.7 Å². The van der Waals surface area contributed by atoms with Crippen LogP contribution in [0.15, 0.2) is 60.2 Å². The third-order valence-corrected chi connectivity index (χ3v) is 6.41. The summed E-state index contributed by atoms with van der Waals surface area (Å²) in [7, 11) is 1.49. The van der Waals surface area contributed by atoms with E-state index in [2.05, 4.69) is 5.32 Å². The molecule has 1 aliphatic heterocycles. The molecule has 0 atom stereocenters. The van der Waals surface area contributed by atoms with Crippen LogP contribution in [-0.4, -0.2) is 36.5 Å². The van der Waals surface area contributed by atoms with Crippen molar-refractivity contribution in [2.45, 2.75) is 26.5 Å². The Morgan fingerprint density at radius 3 is 2.25 bits per heavy atom. The van der Waals surface area contributed by atoms with Crippen molar-refractivity contribution in [2.24, 2.45) is 0 Å². The van der Waals surface area contributed by atoms with E-state index in [-0.39, 0.29) is 40.3 Å². The van der Waals surface area contributed by atoms with Gasteiger partial charge in [-0.3, -0.25) is 19.8 Å². The van der Waals surface area contributed by atoms with Gasteiger partial charge in [-0.2, -0.15) is 0 Å². The van der Waals surface area contributed by atoms with E-state index >= 15 is 0 Å². The molecule has 1 saturated heterocycles. The van der Waals surface area contributed by atoms with Crippen molar-refractivity contribution < 1.29 is 33.0 Å². The van der Waals surface area contributed by atoms with E-state index in [1.807, 2.05) is 6.92 Å². The lowest BCUT2D eigenvalue weighted by molar-refractivity contribution is -0.130. The summed E-state index contributed by atoms with van der Waals surface area (Å²) in [6.07, 6.45) is 2.11. The predicted molar refractivity (Wildman–Crippen MR) is 148 cm³/mol. The van der Waals surface area contributed by atoms with Crippen LogP contribution in [0.4, 0.5) is 9.18 Å². The van der Waals surface area contributed by atoms with Gasteiger partial charge in [-0.15, -0.1) is 0 Å². The van der Waals surface area contributed by atoms with E-state index in [9.17, 15) is 18.8 Å². The van der Waals surface area contributed by atoms with E-state index in [1.54, 1.807) is 30.3 Å². The van der Waals surface area contributed by atoms with E-state index in [4.69, 9.17) is 37.4 Å². The highest BCUT2D eigenvalue weighted by atomic mass is 35.5. The van der Waals surface area contributed by atoms with Crippen molar-refractivity contribution in [3.8, 4) is 17.2 Å². The fourth-order valence-electron chi connectivity index (χ4n) is 3.87. The highest BCUT2D eigenvalue weighted by Gasteiger charge is 2.36. The summed E-state index contributed by atoms with van der Waals surface area (Å²) in [6, 6.07) is 12.9. The Labute approximate surface area is 240 Å². The molecule has 40 heavy (non-hydrogen) atoms. The molecule has 0 aromatic heterocycles. The fourth-order valence-corrected chi connectivity index (χ4v) is 4.48. The van der Waals surface area contributed by atoms with E-state index in [0.29, 0.717) is 34.8 Å². The average molecular weight is 587 g/mol. The molecular weight excluding hydrogens is 562 g/mol. The summed E-state index contributed by atoms with van der Waals surface area (Å²) in [5.41, 5.74) is 1.36. The van der Waals surface area contributed by atoms with Gasteiger partial charge in [0.2, 0.25) is 0 Å². The molecule has 8 nitrogen and oxygen atoms in total. The predicted octanol–water partition coefficient (Wildman–Crippen LogP) is 6.17.